The van der Waals surface area contributed by atoms with Gasteiger partial charge < -0.3 is 4.98 Å². The molecule has 1 N–H and O–H groups in total. The molecule has 0 spiro atoms. The molecule has 0 aliphatic heterocycles. The maximum absolute atomic E-state index is 4.86. The smallest absolute Gasteiger partial charge is 0.187 e. The summed E-state index contributed by atoms with van der Waals surface area (Å²) in [5.41, 5.74) is 4.74. The Morgan fingerprint density at radius 3 is 2.16 bits per heavy atom. The highest BCUT2D eigenvalue weighted by molar-refractivity contribution is 7.98. The molecule has 5 heteroatoms. The Hall–Kier alpha value is -2.92. The Kier molecular flexibility index (Phi) is 4.31. The summed E-state index contributed by atoms with van der Waals surface area (Å²) < 4.78 is 0. The van der Waals surface area contributed by atoms with Gasteiger partial charge in [-0.15, -0.1) is 0 Å². The summed E-state index contributed by atoms with van der Waals surface area (Å²) >= 11 is 1.53. The van der Waals surface area contributed by atoms with E-state index in [0.717, 1.165) is 39.2 Å². The summed E-state index contributed by atoms with van der Waals surface area (Å²) in [6.45, 7) is 0. The fourth-order valence-electron chi connectivity index (χ4n) is 2.67. The average Bonchev–Trinajstić information content (AvgIpc) is 3.15. The van der Waals surface area contributed by atoms with Crippen molar-refractivity contribution in [3.63, 3.8) is 0 Å². The van der Waals surface area contributed by atoms with E-state index in [9.17, 15) is 0 Å². The Morgan fingerprint density at radius 2 is 1.48 bits per heavy atom. The van der Waals surface area contributed by atoms with Crippen molar-refractivity contribution in [2.24, 2.45) is 0 Å². The highest BCUT2D eigenvalue weighted by Crippen LogP contribution is 2.32. The number of rotatable bonds is 4. The number of aromatic nitrogens is 4. The first-order valence-corrected chi connectivity index (χ1v) is 9.16. The molecule has 0 radical (unpaired) electrons. The van der Waals surface area contributed by atoms with Gasteiger partial charge in [0, 0.05) is 17.3 Å². The number of nitrogens with zero attached hydrogens (tertiary/aromatic N) is 3. The van der Waals surface area contributed by atoms with Crippen LogP contribution >= 0.6 is 11.8 Å². The van der Waals surface area contributed by atoms with Gasteiger partial charge in [-0.25, -0.2) is 15.0 Å². The van der Waals surface area contributed by atoms with Crippen molar-refractivity contribution in [2.75, 3.05) is 6.26 Å². The molecular weight excluding hydrogens is 328 g/mol. The second-order valence-electron chi connectivity index (χ2n) is 5.47. The molecule has 4 aromatic rings. The normalized spacial score (nSPS) is 10.8. The number of aromatic amines is 1. The number of hydrogen-bond donors (Lipinski definition) is 1. The molecule has 0 fully saturated rings. The molecule has 0 aliphatic rings. The zero-order valence-electron chi connectivity index (χ0n) is 13.7. The second kappa shape index (κ2) is 6.91. The van der Waals surface area contributed by atoms with Crippen LogP contribution in [-0.2, 0) is 0 Å². The third-order valence-corrected chi connectivity index (χ3v) is 4.43. The quantitative estimate of drug-likeness (QED) is 0.421. The van der Waals surface area contributed by atoms with E-state index in [1.54, 1.807) is 6.20 Å². The Bertz CT molecular complexity index is 981. The minimum atomic E-state index is 0.743. The van der Waals surface area contributed by atoms with Crippen molar-refractivity contribution in [1.82, 2.24) is 19.9 Å². The molecule has 25 heavy (non-hydrogen) atoms. The molecule has 4 rings (SSSR count). The standard InChI is InChI=1S/C20H16N4S/c1-25-20-21-13-12-16(22-20)18-17(14-8-4-2-5-9-14)23-19(24-18)15-10-6-3-7-11-15/h2-13H,1H3,(H,23,24). The highest BCUT2D eigenvalue weighted by Gasteiger charge is 2.16. The van der Waals surface area contributed by atoms with Crippen LogP contribution < -0.4 is 0 Å². The SMILES string of the molecule is CSc1nccc(-c2[nH]c(-c3ccccc3)nc2-c2ccccc2)n1. The summed E-state index contributed by atoms with van der Waals surface area (Å²) in [6, 6.07) is 22.2. The Morgan fingerprint density at radius 1 is 0.800 bits per heavy atom. The molecule has 0 aliphatic carbocycles. The highest BCUT2D eigenvalue weighted by atomic mass is 32.2. The largest absolute Gasteiger partial charge is 0.336 e. The molecule has 122 valence electrons. The molecule has 2 aromatic carbocycles. The molecule has 2 heterocycles. The van der Waals surface area contributed by atoms with Crippen LogP contribution in [0.2, 0.25) is 0 Å². The number of imidazole rings is 1. The van der Waals surface area contributed by atoms with Crippen LogP contribution in [0.5, 0.6) is 0 Å². The van der Waals surface area contributed by atoms with Gasteiger partial charge in [-0.05, 0) is 12.3 Å². The summed E-state index contributed by atoms with van der Waals surface area (Å²) in [4.78, 5) is 17.2. The first-order chi connectivity index (χ1) is 12.3. The van der Waals surface area contributed by atoms with Crippen LogP contribution in [0.15, 0.2) is 78.1 Å². The van der Waals surface area contributed by atoms with Crippen LogP contribution in [0.1, 0.15) is 0 Å². The zero-order valence-corrected chi connectivity index (χ0v) is 14.5. The van der Waals surface area contributed by atoms with Crippen molar-refractivity contribution in [1.29, 1.82) is 0 Å². The molecule has 0 bridgehead atoms. The van der Waals surface area contributed by atoms with Gasteiger partial charge in [-0.2, -0.15) is 0 Å². The predicted octanol–water partition coefficient (Wildman–Crippen LogP) is 4.92. The van der Waals surface area contributed by atoms with Gasteiger partial charge in [0.15, 0.2) is 5.16 Å². The van der Waals surface area contributed by atoms with Gasteiger partial charge >= 0.3 is 0 Å². The number of benzene rings is 2. The van der Waals surface area contributed by atoms with E-state index >= 15 is 0 Å². The predicted molar refractivity (Wildman–Crippen MR) is 102 cm³/mol. The minimum Gasteiger partial charge on any atom is -0.336 e. The van der Waals surface area contributed by atoms with E-state index in [4.69, 9.17) is 4.98 Å². The molecule has 4 nitrogen and oxygen atoms in total. The molecule has 0 saturated heterocycles. The molecule has 2 aromatic heterocycles. The summed E-state index contributed by atoms with van der Waals surface area (Å²) in [7, 11) is 0. The van der Waals surface area contributed by atoms with Crippen molar-refractivity contribution >= 4 is 11.8 Å². The van der Waals surface area contributed by atoms with Gasteiger partial charge in [0.1, 0.15) is 5.82 Å². The monoisotopic (exact) mass is 344 g/mol. The molecule has 0 amide bonds. The molecule has 0 atom stereocenters. The fourth-order valence-corrected chi connectivity index (χ4v) is 3.03. The van der Waals surface area contributed by atoms with Crippen LogP contribution in [0, 0.1) is 0 Å². The first-order valence-electron chi connectivity index (χ1n) is 7.93. The van der Waals surface area contributed by atoms with Gasteiger partial charge in [0.05, 0.1) is 17.1 Å². The van der Waals surface area contributed by atoms with Gasteiger partial charge in [0.2, 0.25) is 0 Å². The molecule has 0 saturated carbocycles. The van der Waals surface area contributed by atoms with E-state index in [1.165, 1.54) is 11.8 Å². The van der Waals surface area contributed by atoms with Crippen LogP contribution in [0.25, 0.3) is 34.0 Å². The molecule has 0 unspecified atom stereocenters. The first kappa shape index (κ1) is 15.6. The van der Waals surface area contributed by atoms with Gasteiger partial charge in [-0.1, -0.05) is 72.4 Å². The molecular formula is C20H16N4S. The van der Waals surface area contributed by atoms with E-state index in [-0.39, 0.29) is 0 Å². The lowest BCUT2D eigenvalue weighted by atomic mass is 10.1. The third kappa shape index (κ3) is 3.19. The lowest BCUT2D eigenvalue weighted by Gasteiger charge is -2.03. The number of thioether (sulfide) groups is 1. The van der Waals surface area contributed by atoms with Crippen molar-refractivity contribution in [3.05, 3.63) is 72.9 Å². The van der Waals surface area contributed by atoms with Gasteiger partial charge in [-0.3, -0.25) is 0 Å². The zero-order chi connectivity index (χ0) is 17.1. The topological polar surface area (TPSA) is 54.5 Å². The average molecular weight is 344 g/mol. The van der Waals surface area contributed by atoms with E-state index < -0.39 is 0 Å². The third-order valence-electron chi connectivity index (χ3n) is 3.87. The van der Waals surface area contributed by atoms with Gasteiger partial charge in [0.25, 0.3) is 0 Å². The number of hydrogen-bond acceptors (Lipinski definition) is 4. The van der Waals surface area contributed by atoms with Crippen molar-refractivity contribution < 1.29 is 0 Å². The van der Waals surface area contributed by atoms with Crippen LogP contribution in [0.4, 0.5) is 0 Å². The summed E-state index contributed by atoms with van der Waals surface area (Å²) in [5.74, 6) is 0.832. The summed E-state index contributed by atoms with van der Waals surface area (Å²) in [6.07, 6.45) is 3.76. The van der Waals surface area contributed by atoms with Crippen molar-refractivity contribution in [3.8, 4) is 34.0 Å². The number of H-pyrrole nitrogens is 1. The maximum Gasteiger partial charge on any atom is 0.187 e. The maximum atomic E-state index is 4.86. The minimum absolute atomic E-state index is 0.743. The second-order valence-corrected chi connectivity index (χ2v) is 6.24. The van der Waals surface area contributed by atoms with Crippen molar-refractivity contribution in [2.45, 2.75) is 5.16 Å². The Labute approximate surface area is 150 Å². The van der Waals surface area contributed by atoms with Crippen LogP contribution in [0.3, 0.4) is 0 Å². The number of nitrogens with one attached hydrogen (secondary N) is 1. The van der Waals surface area contributed by atoms with Crippen LogP contribution in [-0.4, -0.2) is 26.2 Å². The lowest BCUT2D eigenvalue weighted by molar-refractivity contribution is 0.973. The summed E-state index contributed by atoms with van der Waals surface area (Å²) in [5, 5.41) is 0.743. The lowest BCUT2D eigenvalue weighted by Crippen LogP contribution is -1.91. The van der Waals surface area contributed by atoms with E-state index in [0.29, 0.717) is 0 Å². The Balaban J connectivity index is 1.91. The van der Waals surface area contributed by atoms with E-state index in [2.05, 4.69) is 27.1 Å². The van der Waals surface area contributed by atoms with E-state index in [1.807, 2.05) is 60.9 Å². The fraction of sp³-hybridized carbons (Fsp3) is 0.0500.